The quantitative estimate of drug-likeness (QED) is 0.707. The fourth-order valence-electron chi connectivity index (χ4n) is 0.469. The Morgan fingerprint density at radius 1 is 0.917 bits per heavy atom. The van der Waals surface area contributed by atoms with Gasteiger partial charge >= 0.3 is 0 Å². The summed E-state index contributed by atoms with van der Waals surface area (Å²) >= 11 is 0. The van der Waals surface area contributed by atoms with Gasteiger partial charge in [-0.25, -0.2) is 9.97 Å². The molecule has 0 aliphatic carbocycles. The van der Waals surface area contributed by atoms with Crippen LogP contribution in [0.1, 0.15) is 0 Å². The number of hydrogen-bond acceptors (Lipinski definition) is 3. The van der Waals surface area contributed by atoms with Crippen molar-refractivity contribution >= 4 is 23.9 Å². The predicted molar refractivity (Wildman–Crippen MR) is 46.4 cm³/mol. The van der Waals surface area contributed by atoms with Crippen LogP contribution in [0.2, 0.25) is 0 Å². The van der Waals surface area contributed by atoms with Crippen molar-refractivity contribution in [2.24, 2.45) is 0 Å². The minimum absolute atomic E-state index is 0. The summed E-state index contributed by atoms with van der Waals surface area (Å²) in [5, 5.41) is 6.21. The Morgan fingerprint density at radius 3 is 1.83 bits per heavy atom. The van der Waals surface area contributed by atoms with Crippen LogP contribution in [-0.4, -0.2) is 44.1 Å². The molecule has 0 saturated heterocycles. The molecule has 0 aliphatic heterocycles. The third-order valence-corrected chi connectivity index (χ3v) is 0.883. The van der Waals surface area contributed by atoms with Crippen LogP contribution in [-0.2, 0) is 0 Å². The molecule has 0 unspecified atom stereocenters. The van der Waals surface area contributed by atoms with Crippen LogP contribution in [0.25, 0.3) is 0 Å². The molecule has 2 heterocycles. The van der Waals surface area contributed by atoms with Crippen LogP contribution >= 0.6 is 0 Å². The van der Waals surface area contributed by atoms with Crippen LogP contribution in [0.5, 0.6) is 0 Å². The standard InChI is InChI=1S/C4H4N2.C3H4N2.Sn/c1-2-5-4-6-3-1;1-2-4-5-3-1;/h1-4H;1-3H,(H,4,5);. The average Bonchev–Trinajstić information content (AvgIpc) is 2.64. The maximum Gasteiger partial charge on any atom is 0.115 e. The van der Waals surface area contributed by atoms with Crippen LogP contribution in [0.3, 0.4) is 0 Å². The van der Waals surface area contributed by atoms with Gasteiger partial charge in [0.25, 0.3) is 0 Å². The van der Waals surface area contributed by atoms with Crippen LogP contribution in [0.15, 0.2) is 43.2 Å². The van der Waals surface area contributed by atoms with Gasteiger partial charge in [0.05, 0.1) is 0 Å². The third kappa shape index (κ3) is 5.84. The van der Waals surface area contributed by atoms with Gasteiger partial charge in [-0.15, -0.1) is 0 Å². The molecule has 0 fully saturated rings. The Hall–Kier alpha value is -0.911. The van der Waals surface area contributed by atoms with Crippen molar-refractivity contribution in [2.45, 2.75) is 0 Å². The molecule has 0 amide bonds. The van der Waals surface area contributed by atoms with Gasteiger partial charge in [-0.2, -0.15) is 5.10 Å². The molecule has 0 saturated carbocycles. The van der Waals surface area contributed by atoms with E-state index in [1.54, 1.807) is 30.9 Å². The molecule has 5 heteroatoms. The molecule has 12 heavy (non-hydrogen) atoms. The van der Waals surface area contributed by atoms with Gasteiger partial charge < -0.3 is 0 Å². The van der Waals surface area contributed by atoms with Gasteiger partial charge in [0.1, 0.15) is 6.33 Å². The van der Waals surface area contributed by atoms with Crippen molar-refractivity contribution < 1.29 is 0 Å². The predicted octanol–water partition coefficient (Wildman–Crippen LogP) is 0.505. The first-order valence-electron chi connectivity index (χ1n) is 3.14. The van der Waals surface area contributed by atoms with Crippen molar-refractivity contribution in [1.29, 1.82) is 0 Å². The van der Waals surface area contributed by atoms with Gasteiger partial charge in [-0.05, 0) is 12.1 Å². The second-order valence-corrected chi connectivity index (χ2v) is 1.67. The monoisotopic (exact) mass is 268 g/mol. The summed E-state index contributed by atoms with van der Waals surface area (Å²) in [7, 11) is 0. The average molecular weight is 267 g/mol. The third-order valence-electron chi connectivity index (χ3n) is 0.883. The molecule has 0 spiro atoms. The minimum Gasteiger partial charge on any atom is -0.286 e. The van der Waals surface area contributed by atoms with E-state index in [1.165, 1.54) is 6.33 Å². The maximum atomic E-state index is 3.67. The molecule has 0 bridgehead atoms. The number of nitrogens with one attached hydrogen (secondary N) is 1. The number of nitrogens with zero attached hydrogens (tertiary/aromatic N) is 3. The number of hydrogen-bond donors (Lipinski definition) is 1. The van der Waals surface area contributed by atoms with Gasteiger partial charge in [-0.3, -0.25) is 5.10 Å². The molecule has 2 aromatic heterocycles. The topological polar surface area (TPSA) is 54.5 Å². The van der Waals surface area contributed by atoms with Crippen LogP contribution in [0, 0.1) is 0 Å². The minimum atomic E-state index is 0. The first kappa shape index (κ1) is 11.1. The Morgan fingerprint density at radius 2 is 1.67 bits per heavy atom. The maximum absolute atomic E-state index is 3.67. The van der Waals surface area contributed by atoms with Crippen molar-refractivity contribution in [3.8, 4) is 0 Å². The molecule has 0 aromatic carbocycles. The van der Waals surface area contributed by atoms with Gasteiger partial charge in [0, 0.05) is 48.7 Å². The van der Waals surface area contributed by atoms with E-state index in [2.05, 4.69) is 20.2 Å². The van der Waals surface area contributed by atoms with Crippen molar-refractivity contribution in [3.05, 3.63) is 43.2 Å². The Balaban J connectivity index is 0.000000189. The number of H-pyrrole nitrogens is 1. The van der Waals surface area contributed by atoms with Crippen molar-refractivity contribution in [3.63, 3.8) is 0 Å². The molecular formula is C7H8N4Sn. The second kappa shape index (κ2) is 8.19. The van der Waals surface area contributed by atoms with Crippen molar-refractivity contribution in [2.75, 3.05) is 0 Å². The molecule has 2 rings (SSSR count). The fourth-order valence-corrected chi connectivity index (χ4v) is 0.469. The van der Waals surface area contributed by atoms with E-state index >= 15 is 0 Å². The molecule has 1 N–H and O–H groups in total. The summed E-state index contributed by atoms with van der Waals surface area (Å²) in [6.45, 7) is 0. The largest absolute Gasteiger partial charge is 0.286 e. The molecule has 60 valence electrons. The first-order chi connectivity index (χ1) is 5.50. The van der Waals surface area contributed by atoms with Crippen LogP contribution < -0.4 is 0 Å². The van der Waals surface area contributed by atoms with E-state index in [4.69, 9.17) is 0 Å². The summed E-state index contributed by atoms with van der Waals surface area (Å²) in [4.78, 5) is 7.35. The van der Waals surface area contributed by atoms with E-state index < -0.39 is 0 Å². The summed E-state index contributed by atoms with van der Waals surface area (Å²) < 4.78 is 0. The molecule has 2 aromatic rings. The zero-order valence-electron chi connectivity index (χ0n) is 6.38. The molecule has 4 nitrogen and oxygen atoms in total. The normalized spacial score (nSPS) is 7.33. The van der Waals surface area contributed by atoms with Gasteiger partial charge in [-0.1, -0.05) is 0 Å². The Kier molecular flexibility index (Phi) is 7.57. The van der Waals surface area contributed by atoms with E-state index in [9.17, 15) is 0 Å². The Bertz CT molecular complexity index is 201. The van der Waals surface area contributed by atoms with Gasteiger partial charge in [0.2, 0.25) is 0 Å². The van der Waals surface area contributed by atoms with Crippen molar-refractivity contribution in [1.82, 2.24) is 20.2 Å². The van der Waals surface area contributed by atoms with Crippen LogP contribution in [0.4, 0.5) is 0 Å². The first-order valence-corrected chi connectivity index (χ1v) is 3.14. The molecule has 0 atom stereocenters. The van der Waals surface area contributed by atoms with E-state index in [0.717, 1.165) is 0 Å². The van der Waals surface area contributed by atoms with E-state index in [0.29, 0.717) is 0 Å². The van der Waals surface area contributed by atoms with E-state index in [-0.39, 0.29) is 23.9 Å². The number of aromatic nitrogens is 4. The SMILES string of the molecule is [Sn].c1cn[nH]c1.c1cncnc1. The fraction of sp³-hybridized carbons (Fsp3) is 0. The number of aromatic amines is 1. The molecule has 0 aliphatic rings. The zero-order valence-corrected chi connectivity index (χ0v) is 9.24. The Labute approximate surface area is 87.4 Å². The smallest absolute Gasteiger partial charge is 0.115 e. The van der Waals surface area contributed by atoms with Gasteiger partial charge in [0.15, 0.2) is 0 Å². The summed E-state index contributed by atoms with van der Waals surface area (Å²) in [6.07, 6.45) is 8.33. The molecular weight excluding hydrogens is 259 g/mol. The zero-order chi connectivity index (χ0) is 7.78. The number of rotatable bonds is 0. The summed E-state index contributed by atoms with van der Waals surface area (Å²) in [5.41, 5.74) is 0. The molecule has 4 radical (unpaired) electrons. The summed E-state index contributed by atoms with van der Waals surface area (Å²) in [5.74, 6) is 0. The van der Waals surface area contributed by atoms with E-state index in [1.807, 2.05) is 6.07 Å². The second-order valence-electron chi connectivity index (χ2n) is 1.67. The summed E-state index contributed by atoms with van der Waals surface area (Å²) in [6, 6.07) is 3.61.